The second-order valence-corrected chi connectivity index (χ2v) is 8.17. The van der Waals surface area contributed by atoms with Crippen molar-refractivity contribution in [3.05, 3.63) is 94.4 Å². The van der Waals surface area contributed by atoms with Gasteiger partial charge >= 0.3 is 0 Å². The maximum atomic E-state index is 12.9. The molecule has 1 aliphatic heterocycles. The van der Waals surface area contributed by atoms with E-state index in [0.717, 1.165) is 42.1 Å². The first-order valence-corrected chi connectivity index (χ1v) is 10.8. The SMILES string of the molecule is Cl.Cl.Cn1c2c(c3ccc(-n4ccc(OCc5cn6ccccc6n5)cc4=O)cc31)CNCC2. The third-order valence-electron chi connectivity index (χ3n) is 6.23. The number of hydrogen-bond donors (Lipinski definition) is 1. The molecule has 0 unspecified atom stereocenters. The fourth-order valence-electron chi connectivity index (χ4n) is 4.62. The zero-order valence-corrected chi connectivity index (χ0v) is 20.2. The van der Waals surface area contributed by atoms with Crippen LogP contribution < -0.4 is 15.6 Å². The van der Waals surface area contributed by atoms with Crippen LogP contribution in [-0.2, 0) is 26.6 Å². The Bertz CT molecular complexity index is 1500. The maximum Gasteiger partial charge on any atom is 0.258 e. The molecule has 0 fully saturated rings. The summed E-state index contributed by atoms with van der Waals surface area (Å²) in [4.78, 5) is 17.4. The second kappa shape index (κ2) is 9.54. The maximum absolute atomic E-state index is 12.9. The summed E-state index contributed by atoms with van der Waals surface area (Å²) in [7, 11) is 2.11. The van der Waals surface area contributed by atoms with Gasteiger partial charge in [-0.1, -0.05) is 12.1 Å². The van der Waals surface area contributed by atoms with Crippen molar-refractivity contribution in [2.75, 3.05) is 6.54 Å². The van der Waals surface area contributed by atoms with Gasteiger partial charge in [0.2, 0.25) is 0 Å². The van der Waals surface area contributed by atoms with E-state index in [1.807, 2.05) is 47.1 Å². The van der Waals surface area contributed by atoms with E-state index in [-0.39, 0.29) is 30.4 Å². The van der Waals surface area contributed by atoms with E-state index in [1.54, 1.807) is 10.8 Å². The Morgan fingerprint density at radius 2 is 1.97 bits per heavy atom. The van der Waals surface area contributed by atoms with Gasteiger partial charge in [0, 0.05) is 62.3 Å². The highest BCUT2D eigenvalue weighted by Crippen LogP contribution is 2.29. The molecule has 1 aromatic carbocycles. The number of nitrogens with zero attached hydrogens (tertiary/aromatic N) is 4. The summed E-state index contributed by atoms with van der Waals surface area (Å²) in [5.74, 6) is 0.532. The quantitative estimate of drug-likeness (QED) is 0.406. The van der Waals surface area contributed by atoms with Crippen molar-refractivity contribution in [2.45, 2.75) is 19.6 Å². The number of nitrogens with one attached hydrogen (secondary N) is 1. The lowest BCUT2D eigenvalue weighted by atomic mass is 10.1. The van der Waals surface area contributed by atoms with Gasteiger partial charge in [-0.15, -0.1) is 24.8 Å². The molecule has 0 aliphatic carbocycles. The Morgan fingerprint density at radius 3 is 2.79 bits per heavy atom. The highest BCUT2D eigenvalue weighted by molar-refractivity contribution is 5.87. The van der Waals surface area contributed by atoms with Crippen molar-refractivity contribution < 1.29 is 4.74 Å². The van der Waals surface area contributed by atoms with Gasteiger partial charge in [0.1, 0.15) is 18.0 Å². The minimum atomic E-state index is -0.127. The molecule has 0 saturated heterocycles. The van der Waals surface area contributed by atoms with Crippen LogP contribution in [0, 0.1) is 0 Å². The van der Waals surface area contributed by atoms with Gasteiger partial charge in [0.25, 0.3) is 5.56 Å². The minimum absolute atomic E-state index is 0. The third kappa shape index (κ3) is 4.07. The van der Waals surface area contributed by atoms with E-state index in [1.165, 1.54) is 22.7 Å². The Balaban J connectivity index is 0.00000137. The predicted octanol–water partition coefficient (Wildman–Crippen LogP) is 4.05. The van der Waals surface area contributed by atoms with Crippen molar-refractivity contribution in [2.24, 2.45) is 7.05 Å². The number of halogens is 2. The largest absolute Gasteiger partial charge is 0.487 e. The number of pyridine rings is 2. The molecule has 0 radical (unpaired) electrons. The summed E-state index contributed by atoms with van der Waals surface area (Å²) in [6.45, 7) is 2.20. The van der Waals surface area contributed by atoms with E-state index in [4.69, 9.17) is 4.74 Å². The molecule has 9 heteroatoms. The molecule has 34 heavy (non-hydrogen) atoms. The van der Waals surface area contributed by atoms with Gasteiger partial charge in [-0.2, -0.15) is 0 Å². The lowest BCUT2D eigenvalue weighted by molar-refractivity contribution is 0.301. The van der Waals surface area contributed by atoms with Gasteiger partial charge in [-0.3, -0.25) is 9.36 Å². The van der Waals surface area contributed by atoms with Gasteiger partial charge < -0.3 is 19.0 Å². The van der Waals surface area contributed by atoms with E-state index in [2.05, 4.69) is 34.0 Å². The summed E-state index contributed by atoms with van der Waals surface area (Å²) >= 11 is 0. The van der Waals surface area contributed by atoms with Gasteiger partial charge in [0.05, 0.1) is 16.9 Å². The predicted molar refractivity (Wildman–Crippen MR) is 138 cm³/mol. The molecule has 1 aliphatic rings. The molecule has 5 aromatic rings. The van der Waals surface area contributed by atoms with Crippen molar-refractivity contribution in [3.8, 4) is 11.4 Å². The molecular weight excluding hydrogens is 473 g/mol. The van der Waals surface area contributed by atoms with Crippen LogP contribution in [0.2, 0.25) is 0 Å². The molecule has 1 N–H and O–H groups in total. The Labute approximate surface area is 208 Å². The average molecular weight is 498 g/mol. The fourth-order valence-corrected chi connectivity index (χ4v) is 4.62. The minimum Gasteiger partial charge on any atom is -0.487 e. The van der Waals surface area contributed by atoms with Crippen LogP contribution in [0.1, 0.15) is 17.0 Å². The number of imidazole rings is 1. The number of aryl methyl sites for hydroxylation is 1. The van der Waals surface area contributed by atoms with Crippen molar-refractivity contribution in [1.29, 1.82) is 0 Å². The fraction of sp³-hybridized carbons (Fsp3) is 0.200. The molecule has 0 atom stereocenters. The molecular formula is C25H25Cl2N5O2. The summed E-state index contributed by atoms with van der Waals surface area (Å²) in [6.07, 6.45) is 6.67. The molecule has 0 amide bonds. The number of aromatic nitrogens is 4. The molecule has 7 nitrogen and oxygen atoms in total. The zero-order chi connectivity index (χ0) is 21.7. The molecule has 0 saturated carbocycles. The van der Waals surface area contributed by atoms with E-state index >= 15 is 0 Å². The van der Waals surface area contributed by atoms with Crippen molar-refractivity contribution >= 4 is 41.4 Å². The lowest BCUT2D eigenvalue weighted by Gasteiger charge is -2.14. The number of ether oxygens (including phenoxy) is 1. The highest BCUT2D eigenvalue weighted by atomic mass is 35.5. The molecule has 0 spiro atoms. The monoisotopic (exact) mass is 497 g/mol. The number of benzene rings is 1. The molecule has 176 valence electrons. The smallest absolute Gasteiger partial charge is 0.258 e. The van der Waals surface area contributed by atoms with Crippen LogP contribution in [0.3, 0.4) is 0 Å². The first-order valence-electron chi connectivity index (χ1n) is 10.8. The Morgan fingerprint density at radius 1 is 1.09 bits per heavy atom. The van der Waals surface area contributed by atoms with Crippen LogP contribution >= 0.6 is 24.8 Å². The summed E-state index contributed by atoms with van der Waals surface area (Å²) < 4.78 is 11.7. The Kier molecular flexibility index (Phi) is 6.70. The molecule has 0 bridgehead atoms. The van der Waals surface area contributed by atoms with E-state index in [0.29, 0.717) is 12.4 Å². The number of rotatable bonds is 4. The highest BCUT2D eigenvalue weighted by Gasteiger charge is 2.18. The number of hydrogen-bond acceptors (Lipinski definition) is 4. The first kappa shape index (κ1) is 23.9. The van der Waals surface area contributed by atoms with Crippen molar-refractivity contribution in [1.82, 2.24) is 23.8 Å². The molecule has 4 aromatic heterocycles. The lowest BCUT2D eigenvalue weighted by Crippen LogP contribution is -2.24. The zero-order valence-electron chi connectivity index (χ0n) is 18.6. The van der Waals surface area contributed by atoms with Crippen LogP contribution in [0.5, 0.6) is 5.75 Å². The van der Waals surface area contributed by atoms with Crippen LogP contribution in [-0.4, -0.2) is 25.1 Å². The van der Waals surface area contributed by atoms with E-state index < -0.39 is 0 Å². The summed E-state index contributed by atoms with van der Waals surface area (Å²) in [5.41, 5.74) is 6.29. The van der Waals surface area contributed by atoms with Gasteiger partial charge in [-0.25, -0.2) is 4.98 Å². The topological polar surface area (TPSA) is 65.5 Å². The summed E-state index contributed by atoms with van der Waals surface area (Å²) in [6, 6.07) is 15.4. The second-order valence-electron chi connectivity index (χ2n) is 8.17. The van der Waals surface area contributed by atoms with Crippen LogP contribution in [0.15, 0.2) is 71.9 Å². The van der Waals surface area contributed by atoms with Crippen LogP contribution in [0.25, 0.3) is 22.2 Å². The van der Waals surface area contributed by atoms with E-state index in [9.17, 15) is 4.79 Å². The van der Waals surface area contributed by atoms with Gasteiger partial charge in [0.15, 0.2) is 0 Å². The van der Waals surface area contributed by atoms with Gasteiger partial charge in [-0.05, 0) is 35.9 Å². The first-order chi connectivity index (χ1) is 15.7. The third-order valence-corrected chi connectivity index (χ3v) is 6.23. The average Bonchev–Trinajstić information content (AvgIpc) is 3.37. The molecule has 6 rings (SSSR count). The standard InChI is InChI=1S/C25H23N5O2.2ClH/c1-28-22-7-9-26-14-21(22)20-6-5-18(12-23(20)28)30-11-8-19(13-25(30)31)32-16-17-15-29-10-3-2-4-24(29)27-17;;/h2-6,8,10-13,15,26H,7,9,14,16H2,1H3;2*1H. The number of fused-ring (bicyclic) bond motifs is 4. The van der Waals surface area contributed by atoms with Crippen molar-refractivity contribution in [3.63, 3.8) is 0 Å². The summed E-state index contributed by atoms with van der Waals surface area (Å²) in [5, 5.41) is 4.70. The molecule has 5 heterocycles. The van der Waals surface area contributed by atoms with Crippen LogP contribution in [0.4, 0.5) is 0 Å². The Hall–Kier alpha value is -3.26. The normalized spacial score (nSPS) is 12.7.